The lowest BCUT2D eigenvalue weighted by Gasteiger charge is -2.33. The van der Waals surface area contributed by atoms with Crippen LogP contribution in [-0.4, -0.2) is 29.0 Å². The van der Waals surface area contributed by atoms with Crippen molar-refractivity contribution >= 4 is 17.7 Å². The van der Waals surface area contributed by atoms with E-state index in [2.05, 4.69) is 4.98 Å². The summed E-state index contributed by atoms with van der Waals surface area (Å²) in [7, 11) is 1.64. The van der Waals surface area contributed by atoms with Gasteiger partial charge < -0.3 is 5.11 Å². The zero-order chi connectivity index (χ0) is 14.6. The maximum absolute atomic E-state index is 12.3. The largest absolute Gasteiger partial charge is 0.481 e. The first-order chi connectivity index (χ1) is 9.55. The number of aromatic nitrogens is 1. The minimum atomic E-state index is -0.891. The Hall–Kier alpha value is -1.91. The molecule has 0 aromatic carbocycles. The summed E-state index contributed by atoms with van der Waals surface area (Å²) in [5.74, 6) is -0.484. The summed E-state index contributed by atoms with van der Waals surface area (Å²) in [5.41, 5.74) is -0.891. The lowest BCUT2D eigenvalue weighted by molar-refractivity contribution is -0.153. The molecule has 0 bridgehead atoms. The monoisotopic (exact) mass is 276 g/mol. The first kappa shape index (κ1) is 14.5. The molecule has 0 radical (unpaired) electrons. The van der Waals surface area contributed by atoms with E-state index in [4.69, 9.17) is 0 Å². The first-order valence-corrected chi connectivity index (χ1v) is 6.96. The molecule has 1 saturated carbocycles. The van der Waals surface area contributed by atoms with Crippen LogP contribution >= 0.6 is 0 Å². The van der Waals surface area contributed by atoms with E-state index < -0.39 is 11.4 Å². The van der Waals surface area contributed by atoms with Gasteiger partial charge in [0, 0.05) is 19.7 Å². The van der Waals surface area contributed by atoms with Crippen LogP contribution in [0.25, 0.3) is 0 Å². The van der Waals surface area contributed by atoms with Crippen molar-refractivity contribution in [2.45, 2.75) is 38.5 Å². The van der Waals surface area contributed by atoms with Gasteiger partial charge in [0.15, 0.2) is 0 Å². The average molecular weight is 276 g/mol. The van der Waals surface area contributed by atoms with Crippen LogP contribution in [0.4, 0.5) is 5.82 Å². The smallest absolute Gasteiger partial charge is 0.310 e. The Morgan fingerprint density at radius 1 is 1.30 bits per heavy atom. The van der Waals surface area contributed by atoms with Crippen LogP contribution in [0.5, 0.6) is 0 Å². The van der Waals surface area contributed by atoms with Gasteiger partial charge in [0.2, 0.25) is 5.91 Å². The van der Waals surface area contributed by atoms with E-state index in [0.29, 0.717) is 18.7 Å². The van der Waals surface area contributed by atoms with Crippen LogP contribution in [0, 0.1) is 5.41 Å². The number of carbonyl (C=O) groups excluding carboxylic acids is 1. The molecule has 1 amide bonds. The molecule has 1 heterocycles. The molecule has 1 N–H and O–H groups in total. The second kappa shape index (κ2) is 6.03. The highest BCUT2D eigenvalue weighted by molar-refractivity contribution is 5.95. The lowest BCUT2D eigenvalue weighted by atomic mass is 9.71. The number of carbonyl (C=O) groups is 2. The number of carboxylic acid groups (broad SMARTS) is 1. The maximum atomic E-state index is 12.3. The van der Waals surface area contributed by atoms with E-state index in [1.54, 1.807) is 31.4 Å². The molecule has 0 aliphatic heterocycles. The summed E-state index contributed by atoms with van der Waals surface area (Å²) in [6.07, 6.45) is 5.66. The van der Waals surface area contributed by atoms with E-state index in [1.807, 2.05) is 0 Å². The Labute approximate surface area is 118 Å². The van der Waals surface area contributed by atoms with Gasteiger partial charge in [-0.3, -0.25) is 14.5 Å². The van der Waals surface area contributed by atoms with E-state index in [0.717, 1.165) is 19.3 Å². The van der Waals surface area contributed by atoms with Gasteiger partial charge in [-0.05, 0) is 25.0 Å². The van der Waals surface area contributed by atoms with E-state index in [-0.39, 0.29) is 12.3 Å². The number of carboxylic acids is 1. The zero-order valence-corrected chi connectivity index (χ0v) is 11.7. The number of nitrogens with zero attached hydrogens (tertiary/aromatic N) is 2. The molecule has 1 aromatic rings. The Kier molecular flexibility index (Phi) is 4.37. The summed E-state index contributed by atoms with van der Waals surface area (Å²) in [4.78, 5) is 29.5. The first-order valence-electron chi connectivity index (χ1n) is 6.96. The molecule has 0 unspecified atom stereocenters. The van der Waals surface area contributed by atoms with Crippen molar-refractivity contribution in [3.05, 3.63) is 24.4 Å². The fourth-order valence-corrected chi connectivity index (χ4v) is 2.78. The van der Waals surface area contributed by atoms with Gasteiger partial charge in [0.05, 0.1) is 5.41 Å². The summed E-state index contributed by atoms with van der Waals surface area (Å²) in [6.45, 7) is 0. The predicted octanol–water partition coefficient (Wildman–Crippen LogP) is 2.47. The van der Waals surface area contributed by atoms with Crippen LogP contribution in [0.3, 0.4) is 0 Å². The van der Waals surface area contributed by atoms with Crippen LogP contribution in [0.15, 0.2) is 24.4 Å². The number of hydrogen-bond donors (Lipinski definition) is 1. The molecule has 108 valence electrons. The minimum absolute atomic E-state index is 0.0510. The molecule has 0 spiro atoms. The normalized spacial score (nSPS) is 17.4. The molecule has 1 fully saturated rings. The van der Waals surface area contributed by atoms with Crippen molar-refractivity contribution in [3.8, 4) is 0 Å². The summed E-state index contributed by atoms with van der Waals surface area (Å²) < 4.78 is 0. The second-order valence-electron chi connectivity index (χ2n) is 5.46. The highest BCUT2D eigenvalue weighted by Gasteiger charge is 2.42. The maximum Gasteiger partial charge on any atom is 0.310 e. The van der Waals surface area contributed by atoms with Crippen molar-refractivity contribution in [2.75, 3.05) is 11.9 Å². The molecule has 1 aliphatic rings. The van der Waals surface area contributed by atoms with E-state index in [1.165, 1.54) is 4.90 Å². The van der Waals surface area contributed by atoms with Crippen molar-refractivity contribution in [2.24, 2.45) is 5.41 Å². The molecule has 0 atom stereocenters. The molecule has 5 nitrogen and oxygen atoms in total. The Morgan fingerprint density at radius 3 is 2.55 bits per heavy atom. The van der Waals surface area contributed by atoms with E-state index >= 15 is 0 Å². The molecule has 5 heteroatoms. The Morgan fingerprint density at radius 2 is 2.00 bits per heavy atom. The number of pyridine rings is 1. The number of rotatable bonds is 4. The van der Waals surface area contributed by atoms with Crippen LogP contribution in [-0.2, 0) is 9.59 Å². The summed E-state index contributed by atoms with van der Waals surface area (Å²) in [6, 6.07) is 5.33. The van der Waals surface area contributed by atoms with Crippen LogP contribution in [0.1, 0.15) is 38.5 Å². The van der Waals surface area contributed by atoms with Crippen LogP contribution < -0.4 is 4.90 Å². The summed E-state index contributed by atoms with van der Waals surface area (Å²) >= 11 is 0. The SMILES string of the molecule is CN(C(=O)CC1(C(=O)O)CCCCC1)c1ccccn1. The zero-order valence-electron chi connectivity index (χ0n) is 11.7. The third kappa shape index (κ3) is 2.98. The highest BCUT2D eigenvalue weighted by atomic mass is 16.4. The van der Waals surface area contributed by atoms with Gasteiger partial charge in [0.1, 0.15) is 5.82 Å². The molecular formula is C15H20N2O3. The molecule has 1 aliphatic carbocycles. The van der Waals surface area contributed by atoms with Gasteiger partial charge in [-0.25, -0.2) is 4.98 Å². The molecular weight excluding hydrogens is 256 g/mol. The third-order valence-corrected chi connectivity index (χ3v) is 4.12. The topological polar surface area (TPSA) is 70.5 Å². The Bertz CT molecular complexity index is 481. The molecule has 0 saturated heterocycles. The lowest BCUT2D eigenvalue weighted by Crippen LogP contribution is -2.40. The fraction of sp³-hybridized carbons (Fsp3) is 0.533. The van der Waals surface area contributed by atoms with Gasteiger partial charge in [0.25, 0.3) is 0 Å². The quantitative estimate of drug-likeness (QED) is 0.917. The van der Waals surface area contributed by atoms with Gasteiger partial charge in [-0.2, -0.15) is 0 Å². The Balaban J connectivity index is 2.11. The third-order valence-electron chi connectivity index (χ3n) is 4.12. The predicted molar refractivity (Wildman–Crippen MR) is 75.4 cm³/mol. The molecule has 1 aromatic heterocycles. The van der Waals surface area contributed by atoms with Crippen molar-refractivity contribution in [3.63, 3.8) is 0 Å². The van der Waals surface area contributed by atoms with Crippen molar-refractivity contribution < 1.29 is 14.7 Å². The average Bonchev–Trinajstić information content (AvgIpc) is 2.48. The standard InChI is InChI=1S/C15H20N2O3/c1-17(12-7-3-6-10-16-12)13(18)11-15(14(19)20)8-4-2-5-9-15/h3,6-7,10H,2,4-5,8-9,11H2,1H3,(H,19,20). The van der Waals surface area contributed by atoms with Crippen molar-refractivity contribution in [1.29, 1.82) is 0 Å². The fourth-order valence-electron chi connectivity index (χ4n) is 2.78. The highest BCUT2D eigenvalue weighted by Crippen LogP contribution is 2.40. The minimum Gasteiger partial charge on any atom is -0.481 e. The van der Waals surface area contributed by atoms with Crippen molar-refractivity contribution in [1.82, 2.24) is 4.98 Å². The van der Waals surface area contributed by atoms with Gasteiger partial charge in [-0.1, -0.05) is 25.3 Å². The summed E-state index contributed by atoms with van der Waals surface area (Å²) in [5, 5.41) is 9.50. The van der Waals surface area contributed by atoms with Crippen LogP contribution in [0.2, 0.25) is 0 Å². The van der Waals surface area contributed by atoms with E-state index in [9.17, 15) is 14.7 Å². The molecule has 2 rings (SSSR count). The van der Waals surface area contributed by atoms with Gasteiger partial charge in [-0.15, -0.1) is 0 Å². The number of aliphatic carboxylic acids is 1. The number of hydrogen-bond acceptors (Lipinski definition) is 3. The number of anilines is 1. The number of amides is 1. The molecule has 20 heavy (non-hydrogen) atoms. The van der Waals surface area contributed by atoms with Gasteiger partial charge >= 0.3 is 5.97 Å². The second-order valence-corrected chi connectivity index (χ2v) is 5.46.